The SMILES string of the molecule is Cc1cc(C(O)c2ccc3ccccc3c2)ccn1. The monoisotopic (exact) mass is 249 g/mol. The first-order valence-electron chi connectivity index (χ1n) is 6.33. The summed E-state index contributed by atoms with van der Waals surface area (Å²) in [7, 11) is 0. The van der Waals surface area contributed by atoms with Gasteiger partial charge >= 0.3 is 0 Å². The van der Waals surface area contributed by atoms with Gasteiger partial charge in [0.1, 0.15) is 6.10 Å². The number of nitrogens with zero attached hydrogens (tertiary/aromatic N) is 1. The molecule has 0 saturated heterocycles. The molecule has 2 nitrogen and oxygen atoms in total. The predicted molar refractivity (Wildman–Crippen MR) is 77.0 cm³/mol. The Hall–Kier alpha value is -2.19. The lowest BCUT2D eigenvalue weighted by molar-refractivity contribution is 0.220. The Labute approximate surface area is 112 Å². The van der Waals surface area contributed by atoms with Gasteiger partial charge in [0.25, 0.3) is 0 Å². The Morgan fingerprint density at radius 1 is 0.895 bits per heavy atom. The van der Waals surface area contributed by atoms with Crippen molar-refractivity contribution in [2.45, 2.75) is 13.0 Å². The highest BCUT2D eigenvalue weighted by Crippen LogP contribution is 2.25. The Kier molecular flexibility index (Phi) is 3.02. The summed E-state index contributed by atoms with van der Waals surface area (Å²) in [6.45, 7) is 1.93. The molecule has 0 aliphatic rings. The number of aromatic nitrogens is 1. The predicted octanol–water partition coefficient (Wildman–Crippen LogP) is 3.62. The quantitative estimate of drug-likeness (QED) is 0.752. The summed E-state index contributed by atoms with van der Waals surface area (Å²) in [6.07, 6.45) is 1.13. The number of hydrogen-bond acceptors (Lipinski definition) is 2. The standard InChI is InChI=1S/C17H15NO/c1-12-10-16(8-9-18-12)17(19)15-7-6-13-4-2-3-5-14(13)11-15/h2-11,17,19H,1H3. The topological polar surface area (TPSA) is 33.1 Å². The molecule has 2 heteroatoms. The lowest BCUT2D eigenvalue weighted by Crippen LogP contribution is -2.00. The number of hydrogen-bond donors (Lipinski definition) is 1. The van der Waals surface area contributed by atoms with Crippen molar-refractivity contribution in [3.8, 4) is 0 Å². The van der Waals surface area contributed by atoms with Gasteiger partial charge in [-0.2, -0.15) is 0 Å². The maximum absolute atomic E-state index is 10.4. The summed E-state index contributed by atoms with van der Waals surface area (Å²) in [5, 5.41) is 12.8. The van der Waals surface area contributed by atoms with Gasteiger partial charge < -0.3 is 5.11 Å². The molecule has 1 heterocycles. The zero-order valence-electron chi connectivity index (χ0n) is 10.7. The zero-order valence-corrected chi connectivity index (χ0v) is 10.7. The van der Waals surface area contributed by atoms with Crippen molar-refractivity contribution < 1.29 is 5.11 Å². The zero-order chi connectivity index (χ0) is 13.2. The van der Waals surface area contributed by atoms with E-state index in [0.717, 1.165) is 22.2 Å². The average molecular weight is 249 g/mol. The van der Waals surface area contributed by atoms with Crippen LogP contribution >= 0.6 is 0 Å². The highest BCUT2D eigenvalue weighted by atomic mass is 16.3. The fraction of sp³-hybridized carbons (Fsp3) is 0.118. The maximum atomic E-state index is 10.4. The second-order valence-corrected chi connectivity index (χ2v) is 4.74. The molecule has 19 heavy (non-hydrogen) atoms. The van der Waals surface area contributed by atoms with E-state index in [4.69, 9.17) is 0 Å². The van der Waals surface area contributed by atoms with E-state index < -0.39 is 6.10 Å². The Morgan fingerprint density at radius 2 is 1.63 bits per heavy atom. The molecule has 94 valence electrons. The molecule has 1 N–H and O–H groups in total. The molecular formula is C17H15NO. The molecular weight excluding hydrogens is 234 g/mol. The molecule has 0 aliphatic carbocycles. The average Bonchev–Trinajstić information content (AvgIpc) is 2.46. The van der Waals surface area contributed by atoms with E-state index in [9.17, 15) is 5.11 Å². The van der Waals surface area contributed by atoms with Crippen LogP contribution in [0.5, 0.6) is 0 Å². The summed E-state index contributed by atoms with van der Waals surface area (Å²) in [5.74, 6) is 0. The van der Waals surface area contributed by atoms with Crippen LogP contribution in [0.1, 0.15) is 22.9 Å². The van der Waals surface area contributed by atoms with Gasteiger partial charge in [-0.1, -0.05) is 36.4 Å². The number of fused-ring (bicyclic) bond motifs is 1. The molecule has 0 saturated carbocycles. The smallest absolute Gasteiger partial charge is 0.104 e. The summed E-state index contributed by atoms with van der Waals surface area (Å²) in [6, 6.07) is 18.0. The third kappa shape index (κ3) is 2.35. The van der Waals surface area contributed by atoms with E-state index in [1.54, 1.807) is 6.20 Å². The molecule has 0 aliphatic heterocycles. The maximum Gasteiger partial charge on any atom is 0.104 e. The highest BCUT2D eigenvalue weighted by Gasteiger charge is 2.11. The van der Waals surface area contributed by atoms with Gasteiger partial charge in [0.2, 0.25) is 0 Å². The number of rotatable bonds is 2. The van der Waals surface area contributed by atoms with Crippen molar-refractivity contribution in [2.24, 2.45) is 0 Å². The lowest BCUT2D eigenvalue weighted by Gasteiger charge is -2.12. The fourth-order valence-corrected chi connectivity index (χ4v) is 2.31. The first-order valence-corrected chi connectivity index (χ1v) is 6.33. The molecule has 1 unspecified atom stereocenters. The Balaban J connectivity index is 2.04. The minimum atomic E-state index is -0.605. The van der Waals surface area contributed by atoms with Crippen LogP contribution in [0.15, 0.2) is 60.8 Å². The normalized spacial score (nSPS) is 12.5. The van der Waals surface area contributed by atoms with Crippen LogP contribution < -0.4 is 0 Å². The van der Waals surface area contributed by atoms with Gasteiger partial charge in [-0.15, -0.1) is 0 Å². The van der Waals surface area contributed by atoms with Crippen LogP contribution in [0, 0.1) is 6.92 Å². The van der Waals surface area contributed by atoms with Crippen LogP contribution in [0.3, 0.4) is 0 Å². The van der Waals surface area contributed by atoms with Gasteiger partial charge in [0, 0.05) is 11.9 Å². The number of benzene rings is 2. The van der Waals surface area contributed by atoms with E-state index in [1.807, 2.05) is 49.4 Å². The van der Waals surface area contributed by atoms with Crippen molar-refractivity contribution >= 4 is 10.8 Å². The molecule has 1 aromatic heterocycles. The number of pyridine rings is 1. The number of aliphatic hydroxyl groups excluding tert-OH is 1. The second-order valence-electron chi connectivity index (χ2n) is 4.74. The van der Waals surface area contributed by atoms with Crippen LogP contribution in [0.4, 0.5) is 0 Å². The molecule has 0 spiro atoms. The minimum absolute atomic E-state index is 0.605. The van der Waals surface area contributed by atoms with E-state index in [2.05, 4.69) is 17.1 Å². The number of aryl methyl sites for hydroxylation is 1. The van der Waals surface area contributed by atoms with Gasteiger partial charge in [-0.25, -0.2) is 0 Å². The first kappa shape index (κ1) is 11.9. The summed E-state index contributed by atoms with van der Waals surface area (Å²) in [4.78, 5) is 4.15. The van der Waals surface area contributed by atoms with E-state index in [0.29, 0.717) is 0 Å². The molecule has 1 atom stereocenters. The molecule has 3 rings (SSSR count). The van der Waals surface area contributed by atoms with Crippen LogP contribution in [0.25, 0.3) is 10.8 Å². The van der Waals surface area contributed by atoms with Crippen molar-refractivity contribution in [3.63, 3.8) is 0 Å². The largest absolute Gasteiger partial charge is 0.384 e. The summed E-state index contributed by atoms with van der Waals surface area (Å²) in [5.41, 5.74) is 2.70. The van der Waals surface area contributed by atoms with Crippen LogP contribution in [-0.4, -0.2) is 10.1 Å². The molecule has 3 aromatic rings. The minimum Gasteiger partial charge on any atom is -0.384 e. The Morgan fingerprint density at radius 3 is 2.42 bits per heavy atom. The van der Waals surface area contributed by atoms with Crippen molar-refractivity contribution in [1.82, 2.24) is 4.98 Å². The molecule has 0 fully saturated rings. The fourth-order valence-electron chi connectivity index (χ4n) is 2.31. The highest BCUT2D eigenvalue weighted by molar-refractivity contribution is 5.83. The summed E-state index contributed by atoms with van der Waals surface area (Å²) < 4.78 is 0. The van der Waals surface area contributed by atoms with E-state index >= 15 is 0 Å². The Bertz CT molecular complexity index is 721. The third-order valence-corrected chi connectivity index (χ3v) is 3.33. The molecule has 2 aromatic carbocycles. The van der Waals surface area contributed by atoms with Gasteiger partial charge in [-0.3, -0.25) is 4.98 Å². The third-order valence-electron chi connectivity index (χ3n) is 3.33. The van der Waals surface area contributed by atoms with Crippen molar-refractivity contribution in [2.75, 3.05) is 0 Å². The number of aliphatic hydroxyl groups is 1. The van der Waals surface area contributed by atoms with Crippen LogP contribution in [0.2, 0.25) is 0 Å². The van der Waals surface area contributed by atoms with Crippen molar-refractivity contribution in [1.29, 1.82) is 0 Å². The van der Waals surface area contributed by atoms with Crippen molar-refractivity contribution in [3.05, 3.63) is 77.6 Å². The van der Waals surface area contributed by atoms with Gasteiger partial charge in [0.15, 0.2) is 0 Å². The molecule has 0 radical (unpaired) electrons. The van der Waals surface area contributed by atoms with Crippen LogP contribution in [-0.2, 0) is 0 Å². The molecule has 0 amide bonds. The van der Waals surface area contributed by atoms with E-state index in [-0.39, 0.29) is 0 Å². The first-order chi connectivity index (χ1) is 9.24. The summed E-state index contributed by atoms with van der Waals surface area (Å²) >= 11 is 0. The second kappa shape index (κ2) is 4.82. The lowest BCUT2D eigenvalue weighted by atomic mass is 9.99. The molecule has 0 bridgehead atoms. The van der Waals surface area contributed by atoms with E-state index in [1.165, 1.54) is 5.39 Å². The van der Waals surface area contributed by atoms with Gasteiger partial charge in [0.05, 0.1) is 0 Å². The van der Waals surface area contributed by atoms with Gasteiger partial charge in [-0.05, 0) is 47.0 Å².